The zero-order chi connectivity index (χ0) is 20.4. The Bertz CT molecular complexity index is 1000. The molecule has 29 heavy (non-hydrogen) atoms. The quantitative estimate of drug-likeness (QED) is 0.619. The summed E-state index contributed by atoms with van der Waals surface area (Å²) in [5, 5.41) is 3.83. The standard InChI is InChI=1S/C24H26ClN3O/c1-17-14-22(28-13-12-27-11-3-4-21(27)16-28)15-18(2)24(17)26-23(29)10-7-19-5-8-20(25)9-6-19/h3-6,8-9,11,14-15H,7,10,12-13,16H2,1-2H3,(H,26,29). The Balaban J connectivity index is 1.42. The summed E-state index contributed by atoms with van der Waals surface area (Å²) in [6, 6.07) is 16.3. The van der Waals surface area contributed by atoms with Crippen molar-refractivity contribution in [3.63, 3.8) is 0 Å². The van der Waals surface area contributed by atoms with Gasteiger partial charge in [-0.05, 0) is 73.4 Å². The molecule has 1 aromatic heterocycles. The SMILES string of the molecule is Cc1cc(N2CCn3cccc3C2)cc(C)c1NC(=O)CCc1ccc(Cl)cc1. The molecule has 4 nitrogen and oxygen atoms in total. The molecular weight excluding hydrogens is 382 g/mol. The lowest BCUT2D eigenvalue weighted by Gasteiger charge is -2.31. The van der Waals surface area contributed by atoms with Gasteiger partial charge in [0, 0.05) is 47.8 Å². The zero-order valence-corrected chi connectivity index (χ0v) is 17.7. The van der Waals surface area contributed by atoms with E-state index < -0.39 is 0 Å². The van der Waals surface area contributed by atoms with E-state index in [1.165, 1.54) is 11.4 Å². The van der Waals surface area contributed by atoms with Crippen LogP contribution in [0, 0.1) is 13.8 Å². The summed E-state index contributed by atoms with van der Waals surface area (Å²) >= 11 is 5.92. The second-order valence-corrected chi connectivity index (χ2v) is 8.18. The number of carbonyl (C=O) groups is 1. The summed E-state index contributed by atoms with van der Waals surface area (Å²) in [4.78, 5) is 14.9. The largest absolute Gasteiger partial charge is 0.364 e. The van der Waals surface area contributed by atoms with Crippen molar-refractivity contribution < 1.29 is 4.79 Å². The van der Waals surface area contributed by atoms with Gasteiger partial charge in [-0.2, -0.15) is 0 Å². The molecule has 3 aromatic rings. The van der Waals surface area contributed by atoms with Crippen LogP contribution in [-0.4, -0.2) is 17.0 Å². The first-order valence-electron chi connectivity index (χ1n) is 10.0. The van der Waals surface area contributed by atoms with Crippen LogP contribution in [0.4, 0.5) is 11.4 Å². The Labute approximate surface area is 177 Å². The molecule has 0 radical (unpaired) electrons. The van der Waals surface area contributed by atoms with Crippen molar-refractivity contribution in [1.82, 2.24) is 4.57 Å². The van der Waals surface area contributed by atoms with Gasteiger partial charge >= 0.3 is 0 Å². The molecule has 0 saturated carbocycles. The number of anilines is 2. The molecule has 2 aromatic carbocycles. The lowest BCUT2D eigenvalue weighted by Crippen LogP contribution is -2.33. The first-order valence-corrected chi connectivity index (χ1v) is 10.4. The van der Waals surface area contributed by atoms with Crippen LogP contribution >= 0.6 is 11.6 Å². The Morgan fingerprint density at radius 3 is 2.52 bits per heavy atom. The topological polar surface area (TPSA) is 37.3 Å². The molecule has 5 heteroatoms. The van der Waals surface area contributed by atoms with Gasteiger partial charge in [-0.1, -0.05) is 23.7 Å². The number of benzene rings is 2. The van der Waals surface area contributed by atoms with Crippen LogP contribution in [0.2, 0.25) is 5.02 Å². The van der Waals surface area contributed by atoms with E-state index in [0.29, 0.717) is 17.9 Å². The molecular formula is C24H26ClN3O. The molecule has 0 spiro atoms. The molecule has 0 atom stereocenters. The highest BCUT2D eigenvalue weighted by molar-refractivity contribution is 6.30. The maximum Gasteiger partial charge on any atom is 0.224 e. The van der Waals surface area contributed by atoms with E-state index in [1.54, 1.807) is 0 Å². The smallest absolute Gasteiger partial charge is 0.224 e. The van der Waals surface area contributed by atoms with Gasteiger partial charge in [-0.25, -0.2) is 0 Å². The van der Waals surface area contributed by atoms with E-state index in [1.807, 2.05) is 24.3 Å². The Kier molecular flexibility index (Phi) is 5.63. The third kappa shape index (κ3) is 4.48. The maximum absolute atomic E-state index is 12.5. The van der Waals surface area contributed by atoms with Crippen LogP contribution in [0.3, 0.4) is 0 Å². The number of nitrogens with zero attached hydrogens (tertiary/aromatic N) is 2. The van der Waals surface area contributed by atoms with Gasteiger partial charge in [-0.3, -0.25) is 4.79 Å². The average molecular weight is 408 g/mol. The molecule has 0 unspecified atom stereocenters. The van der Waals surface area contributed by atoms with Gasteiger partial charge in [0.15, 0.2) is 0 Å². The number of carbonyl (C=O) groups excluding carboxylic acids is 1. The van der Waals surface area contributed by atoms with E-state index in [4.69, 9.17) is 11.6 Å². The number of fused-ring (bicyclic) bond motifs is 1. The first kappa shape index (κ1) is 19.6. The summed E-state index contributed by atoms with van der Waals surface area (Å²) in [5.74, 6) is 0.0368. The van der Waals surface area contributed by atoms with Gasteiger partial charge in [0.05, 0.1) is 6.54 Å². The van der Waals surface area contributed by atoms with Gasteiger partial charge in [0.2, 0.25) is 5.91 Å². The van der Waals surface area contributed by atoms with Crippen molar-refractivity contribution in [1.29, 1.82) is 0 Å². The molecule has 1 aliphatic rings. The lowest BCUT2D eigenvalue weighted by atomic mass is 10.1. The van der Waals surface area contributed by atoms with Gasteiger partial charge in [0.1, 0.15) is 0 Å². The maximum atomic E-state index is 12.5. The van der Waals surface area contributed by atoms with Crippen LogP contribution in [-0.2, 0) is 24.3 Å². The minimum absolute atomic E-state index is 0.0368. The normalized spacial score (nSPS) is 13.3. The van der Waals surface area contributed by atoms with E-state index in [2.05, 4.69) is 59.1 Å². The number of rotatable bonds is 5. The summed E-state index contributed by atoms with van der Waals surface area (Å²) in [5.41, 5.74) is 6.79. The highest BCUT2D eigenvalue weighted by atomic mass is 35.5. The summed E-state index contributed by atoms with van der Waals surface area (Å²) in [6.45, 7) is 7.05. The van der Waals surface area contributed by atoms with Crippen LogP contribution < -0.4 is 10.2 Å². The molecule has 4 rings (SSSR count). The van der Waals surface area contributed by atoms with Crippen LogP contribution in [0.1, 0.15) is 28.8 Å². The van der Waals surface area contributed by atoms with Crippen molar-refractivity contribution in [3.8, 4) is 0 Å². The summed E-state index contributed by atoms with van der Waals surface area (Å²) < 4.78 is 2.31. The fourth-order valence-electron chi connectivity index (χ4n) is 3.97. The number of hydrogen-bond acceptors (Lipinski definition) is 2. The number of hydrogen-bond donors (Lipinski definition) is 1. The van der Waals surface area contributed by atoms with Crippen molar-refractivity contribution in [2.75, 3.05) is 16.8 Å². The van der Waals surface area contributed by atoms with E-state index in [9.17, 15) is 4.79 Å². The van der Waals surface area contributed by atoms with E-state index in [0.717, 1.165) is 42.0 Å². The molecule has 0 saturated heterocycles. The van der Waals surface area contributed by atoms with Gasteiger partial charge < -0.3 is 14.8 Å². The van der Waals surface area contributed by atoms with E-state index in [-0.39, 0.29) is 5.91 Å². The minimum atomic E-state index is 0.0368. The molecule has 0 fully saturated rings. The number of aromatic nitrogens is 1. The summed E-state index contributed by atoms with van der Waals surface area (Å²) in [6.07, 6.45) is 3.30. The van der Waals surface area contributed by atoms with E-state index >= 15 is 0 Å². The highest BCUT2D eigenvalue weighted by Gasteiger charge is 2.18. The predicted molar refractivity (Wildman–Crippen MR) is 120 cm³/mol. The van der Waals surface area contributed by atoms with Gasteiger partial charge in [0.25, 0.3) is 0 Å². The third-order valence-electron chi connectivity index (χ3n) is 5.59. The Morgan fingerprint density at radius 2 is 1.79 bits per heavy atom. The second kappa shape index (κ2) is 8.34. The highest BCUT2D eigenvalue weighted by Crippen LogP contribution is 2.29. The average Bonchev–Trinajstić information content (AvgIpc) is 3.18. The Hall–Kier alpha value is -2.72. The first-order chi connectivity index (χ1) is 14.0. The van der Waals surface area contributed by atoms with Crippen LogP contribution in [0.5, 0.6) is 0 Å². The molecule has 1 N–H and O–H groups in total. The minimum Gasteiger partial charge on any atom is -0.364 e. The van der Waals surface area contributed by atoms with Crippen molar-refractivity contribution in [3.05, 3.63) is 82.1 Å². The van der Waals surface area contributed by atoms with Crippen LogP contribution in [0.25, 0.3) is 0 Å². The fourth-order valence-corrected chi connectivity index (χ4v) is 4.09. The lowest BCUT2D eigenvalue weighted by molar-refractivity contribution is -0.116. The molecule has 1 aliphatic heterocycles. The molecule has 150 valence electrons. The summed E-state index contributed by atoms with van der Waals surface area (Å²) in [7, 11) is 0. The molecule has 0 bridgehead atoms. The van der Waals surface area contributed by atoms with Crippen molar-refractivity contribution in [2.24, 2.45) is 0 Å². The zero-order valence-electron chi connectivity index (χ0n) is 16.9. The number of aryl methyl sites for hydroxylation is 3. The third-order valence-corrected chi connectivity index (χ3v) is 5.84. The van der Waals surface area contributed by atoms with Crippen molar-refractivity contribution >= 4 is 28.9 Å². The fraction of sp³-hybridized carbons (Fsp3) is 0.292. The monoisotopic (exact) mass is 407 g/mol. The van der Waals surface area contributed by atoms with Crippen molar-refractivity contribution in [2.45, 2.75) is 39.8 Å². The van der Waals surface area contributed by atoms with Crippen LogP contribution in [0.15, 0.2) is 54.7 Å². The molecule has 1 amide bonds. The number of amides is 1. The number of nitrogens with one attached hydrogen (secondary N) is 1. The van der Waals surface area contributed by atoms with Gasteiger partial charge in [-0.15, -0.1) is 0 Å². The molecule has 0 aliphatic carbocycles. The number of halogens is 1. The second-order valence-electron chi connectivity index (χ2n) is 7.74. The Morgan fingerprint density at radius 1 is 1.07 bits per heavy atom. The molecule has 2 heterocycles. The predicted octanol–water partition coefficient (Wildman–Crippen LogP) is 5.35.